The number of aryl methyl sites for hydroxylation is 1. The fraction of sp³-hybridized carbons (Fsp3) is 0.154. The van der Waals surface area contributed by atoms with Crippen LogP contribution in [-0.2, 0) is 0 Å². The Hall–Kier alpha value is -2.23. The van der Waals surface area contributed by atoms with Crippen molar-refractivity contribution in [2.24, 2.45) is 0 Å². The maximum atomic E-state index is 11.8. The summed E-state index contributed by atoms with van der Waals surface area (Å²) in [7, 11) is 0. The fourth-order valence-electron chi connectivity index (χ4n) is 1.55. The zero-order valence-corrected chi connectivity index (χ0v) is 9.34. The molecule has 0 aliphatic heterocycles. The van der Waals surface area contributed by atoms with Crippen LogP contribution in [0.1, 0.15) is 32.9 Å². The molecule has 4 heteroatoms. The van der Waals surface area contributed by atoms with E-state index in [0.717, 1.165) is 0 Å². The van der Waals surface area contributed by atoms with Crippen molar-refractivity contribution in [3.8, 4) is 0 Å². The van der Waals surface area contributed by atoms with Gasteiger partial charge in [0.25, 0.3) is 0 Å². The summed E-state index contributed by atoms with van der Waals surface area (Å²) < 4.78 is 5.03. The van der Waals surface area contributed by atoms with Gasteiger partial charge in [-0.3, -0.25) is 14.6 Å². The molecule has 0 atom stereocenters. The smallest absolute Gasteiger partial charge is 0.174 e. The lowest BCUT2D eigenvalue weighted by atomic mass is 10.0. The number of aromatic nitrogens is 1. The van der Waals surface area contributed by atoms with Crippen LogP contribution in [0.5, 0.6) is 0 Å². The maximum absolute atomic E-state index is 11.8. The molecule has 0 saturated heterocycles. The van der Waals surface area contributed by atoms with Crippen molar-refractivity contribution in [1.29, 1.82) is 0 Å². The van der Waals surface area contributed by atoms with E-state index in [0.29, 0.717) is 16.9 Å². The average molecular weight is 229 g/mol. The van der Waals surface area contributed by atoms with E-state index in [2.05, 4.69) is 4.98 Å². The number of ketones is 2. The summed E-state index contributed by atoms with van der Waals surface area (Å²) in [4.78, 5) is 27.4. The highest BCUT2D eigenvalue weighted by atomic mass is 16.3. The molecule has 0 aromatic carbocycles. The number of Topliss-reactive ketones (excluding diaryl/α,β-unsaturated/α-hetero) is 2. The predicted molar refractivity (Wildman–Crippen MR) is 61.0 cm³/mol. The largest absolute Gasteiger partial charge is 0.469 e. The number of hydrogen-bond acceptors (Lipinski definition) is 4. The first-order valence-electron chi connectivity index (χ1n) is 5.19. The Balaban J connectivity index is 2.10. The van der Waals surface area contributed by atoms with Crippen LogP contribution < -0.4 is 0 Å². The van der Waals surface area contributed by atoms with E-state index in [-0.39, 0.29) is 18.0 Å². The van der Waals surface area contributed by atoms with E-state index in [9.17, 15) is 9.59 Å². The van der Waals surface area contributed by atoms with Crippen LogP contribution in [0.4, 0.5) is 0 Å². The molecular weight excluding hydrogens is 218 g/mol. The normalized spacial score (nSPS) is 10.2. The van der Waals surface area contributed by atoms with Gasteiger partial charge in [-0.05, 0) is 25.1 Å². The number of pyridine rings is 1. The van der Waals surface area contributed by atoms with Crippen LogP contribution in [0.2, 0.25) is 0 Å². The SMILES string of the molecule is Cc1occc1C(=O)CC(=O)c1cccnc1. The Labute approximate surface area is 98.3 Å². The summed E-state index contributed by atoms with van der Waals surface area (Å²) in [5.41, 5.74) is 0.907. The molecule has 2 rings (SSSR count). The molecule has 2 heterocycles. The van der Waals surface area contributed by atoms with Gasteiger partial charge in [0, 0.05) is 18.0 Å². The summed E-state index contributed by atoms with van der Waals surface area (Å²) in [5, 5.41) is 0. The van der Waals surface area contributed by atoms with Crippen LogP contribution in [-0.4, -0.2) is 16.6 Å². The number of nitrogens with zero attached hydrogens (tertiary/aromatic N) is 1. The second kappa shape index (κ2) is 4.74. The first kappa shape index (κ1) is 11.3. The lowest BCUT2D eigenvalue weighted by Gasteiger charge is -1.99. The van der Waals surface area contributed by atoms with Gasteiger partial charge in [0.1, 0.15) is 5.76 Å². The lowest BCUT2D eigenvalue weighted by molar-refractivity contribution is 0.0893. The van der Waals surface area contributed by atoms with Gasteiger partial charge in [-0.1, -0.05) is 0 Å². The minimum Gasteiger partial charge on any atom is -0.469 e. The molecule has 0 aliphatic carbocycles. The summed E-state index contributed by atoms with van der Waals surface area (Å²) >= 11 is 0. The van der Waals surface area contributed by atoms with Crippen molar-refractivity contribution in [3.05, 3.63) is 53.7 Å². The Kier molecular flexibility index (Phi) is 3.14. The Morgan fingerprint density at radius 2 is 2.12 bits per heavy atom. The van der Waals surface area contributed by atoms with E-state index < -0.39 is 0 Å². The second-order valence-electron chi connectivity index (χ2n) is 3.66. The van der Waals surface area contributed by atoms with Gasteiger partial charge in [0.15, 0.2) is 11.6 Å². The van der Waals surface area contributed by atoms with Gasteiger partial charge in [0.05, 0.1) is 18.2 Å². The van der Waals surface area contributed by atoms with Gasteiger partial charge in [-0.25, -0.2) is 0 Å². The molecule has 2 aromatic heterocycles. The number of furan rings is 1. The number of carbonyl (C=O) groups is 2. The van der Waals surface area contributed by atoms with E-state index in [1.165, 1.54) is 12.5 Å². The molecule has 0 unspecified atom stereocenters. The molecule has 0 aliphatic rings. The van der Waals surface area contributed by atoms with Crippen LogP contribution in [0, 0.1) is 6.92 Å². The minimum atomic E-state index is -0.233. The molecule has 86 valence electrons. The highest BCUT2D eigenvalue weighted by Crippen LogP contribution is 2.13. The first-order chi connectivity index (χ1) is 8.18. The standard InChI is InChI=1S/C13H11NO3/c1-9-11(4-6-17-9)13(16)7-12(15)10-3-2-5-14-8-10/h2-6,8H,7H2,1H3. The van der Waals surface area contributed by atoms with Crippen LogP contribution in [0.3, 0.4) is 0 Å². The molecule has 0 amide bonds. The third-order valence-electron chi connectivity index (χ3n) is 2.46. The van der Waals surface area contributed by atoms with Gasteiger partial charge >= 0.3 is 0 Å². The molecule has 0 spiro atoms. The zero-order valence-electron chi connectivity index (χ0n) is 9.34. The molecule has 0 bridgehead atoms. The highest BCUT2D eigenvalue weighted by Gasteiger charge is 2.16. The van der Waals surface area contributed by atoms with Crippen molar-refractivity contribution in [2.45, 2.75) is 13.3 Å². The predicted octanol–water partition coefficient (Wildman–Crippen LogP) is 2.44. The van der Waals surface area contributed by atoms with Crippen molar-refractivity contribution in [1.82, 2.24) is 4.98 Å². The molecule has 0 fully saturated rings. The average Bonchev–Trinajstić information content (AvgIpc) is 2.76. The Bertz CT molecular complexity index is 543. The lowest BCUT2D eigenvalue weighted by Crippen LogP contribution is -2.09. The Morgan fingerprint density at radius 3 is 2.71 bits per heavy atom. The van der Waals surface area contributed by atoms with Crippen molar-refractivity contribution in [3.63, 3.8) is 0 Å². The molecule has 0 radical (unpaired) electrons. The van der Waals surface area contributed by atoms with Gasteiger partial charge in [-0.2, -0.15) is 0 Å². The number of rotatable bonds is 4. The monoisotopic (exact) mass is 229 g/mol. The quantitative estimate of drug-likeness (QED) is 0.596. The maximum Gasteiger partial charge on any atom is 0.174 e. The second-order valence-corrected chi connectivity index (χ2v) is 3.66. The number of carbonyl (C=O) groups excluding carboxylic acids is 2. The van der Waals surface area contributed by atoms with Crippen LogP contribution >= 0.6 is 0 Å². The highest BCUT2D eigenvalue weighted by molar-refractivity contribution is 6.13. The third-order valence-corrected chi connectivity index (χ3v) is 2.46. The Morgan fingerprint density at radius 1 is 1.29 bits per heavy atom. The topological polar surface area (TPSA) is 60.2 Å². The summed E-state index contributed by atoms with van der Waals surface area (Å²) in [6, 6.07) is 4.89. The molecule has 0 saturated carbocycles. The van der Waals surface area contributed by atoms with Crippen molar-refractivity contribution < 1.29 is 14.0 Å². The molecule has 4 nitrogen and oxygen atoms in total. The molecule has 2 aromatic rings. The molecule has 17 heavy (non-hydrogen) atoms. The zero-order chi connectivity index (χ0) is 12.3. The van der Waals surface area contributed by atoms with Crippen LogP contribution in [0.15, 0.2) is 41.3 Å². The summed E-state index contributed by atoms with van der Waals surface area (Å²) in [6.45, 7) is 1.70. The van der Waals surface area contributed by atoms with E-state index in [1.54, 1.807) is 31.3 Å². The van der Waals surface area contributed by atoms with Gasteiger partial charge in [-0.15, -0.1) is 0 Å². The number of hydrogen-bond donors (Lipinski definition) is 0. The fourth-order valence-corrected chi connectivity index (χ4v) is 1.55. The molecule has 0 N–H and O–H groups in total. The van der Waals surface area contributed by atoms with Gasteiger partial charge in [0.2, 0.25) is 0 Å². The summed E-state index contributed by atoms with van der Waals surface area (Å²) in [6.07, 6.45) is 4.32. The van der Waals surface area contributed by atoms with E-state index in [4.69, 9.17) is 4.42 Å². The summed E-state index contributed by atoms with van der Waals surface area (Å²) in [5.74, 6) is 0.0720. The first-order valence-corrected chi connectivity index (χ1v) is 5.19. The minimum absolute atomic E-state index is 0.161. The van der Waals surface area contributed by atoms with Crippen molar-refractivity contribution >= 4 is 11.6 Å². The van der Waals surface area contributed by atoms with Gasteiger partial charge < -0.3 is 4.42 Å². The van der Waals surface area contributed by atoms with Crippen molar-refractivity contribution in [2.75, 3.05) is 0 Å². The van der Waals surface area contributed by atoms with Crippen LogP contribution in [0.25, 0.3) is 0 Å². The van der Waals surface area contributed by atoms with E-state index in [1.807, 2.05) is 0 Å². The van der Waals surface area contributed by atoms with E-state index >= 15 is 0 Å². The third kappa shape index (κ3) is 2.47. The molecular formula is C13H11NO3.